The first-order chi connectivity index (χ1) is 6.13. The maximum atomic E-state index is 5.99. The minimum absolute atomic E-state index is 0.124. The minimum Gasteiger partial charge on any atom is -0.455 e. The summed E-state index contributed by atoms with van der Waals surface area (Å²) in [6.45, 7) is 0. The molecule has 1 nitrogen and oxygen atoms in total. The van der Waals surface area contributed by atoms with Gasteiger partial charge in [0.1, 0.15) is 0 Å². The van der Waals surface area contributed by atoms with Crippen LogP contribution in [0.5, 0.6) is 0 Å². The number of nitrogens with zero attached hydrogens (tertiary/aromatic N) is 1. The van der Waals surface area contributed by atoms with Gasteiger partial charge in [0.2, 0.25) is 0 Å². The van der Waals surface area contributed by atoms with Crippen molar-refractivity contribution in [2.24, 2.45) is 4.36 Å². The van der Waals surface area contributed by atoms with Crippen LogP contribution < -0.4 is 0 Å². The van der Waals surface area contributed by atoms with Crippen LogP contribution >= 0.6 is 11.6 Å². The monoisotopic (exact) mass is 230 g/mol. The van der Waals surface area contributed by atoms with Crippen LogP contribution in [0.2, 0.25) is 5.02 Å². The van der Waals surface area contributed by atoms with E-state index in [1.165, 1.54) is 0 Å². The van der Waals surface area contributed by atoms with Gasteiger partial charge in [0.15, 0.2) is 0 Å². The average molecular weight is 231 g/mol. The van der Waals surface area contributed by atoms with Gasteiger partial charge >= 0.3 is 0 Å². The van der Waals surface area contributed by atoms with Gasteiger partial charge in [0.05, 0.1) is 10.7 Å². The summed E-state index contributed by atoms with van der Waals surface area (Å²) in [5.41, 5.74) is 1.65. The smallest absolute Gasteiger partial charge is 0.0785 e. The largest absolute Gasteiger partial charge is 0.455 e. The quantitative estimate of drug-likeness (QED) is 0.676. The van der Waals surface area contributed by atoms with Crippen molar-refractivity contribution in [1.29, 1.82) is 0 Å². The van der Waals surface area contributed by atoms with Gasteiger partial charge in [-0.25, -0.2) is 0 Å². The zero-order valence-corrected chi connectivity index (χ0v) is 9.76. The highest BCUT2D eigenvalue weighted by atomic mass is 35.5. The molecule has 0 saturated carbocycles. The fourth-order valence-electron chi connectivity index (χ4n) is 0.863. The summed E-state index contributed by atoms with van der Waals surface area (Å²) >= 11 is 10.5. The van der Waals surface area contributed by atoms with Gasteiger partial charge in [-0.05, 0) is 18.2 Å². The highest BCUT2D eigenvalue weighted by Gasteiger charge is 1.95. The lowest BCUT2D eigenvalue weighted by atomic mass is 10.2. The van der Waals surface area contributed by atoms with E-state index in [-0.39, 0.29) is 10.3 Å². The van der Waals surface area contributed by atoms with Crippen molar-refractivity contribution in [3.05, 3.63) is 28.8 Å². The molecule has 0 N–H and O–H groups in total. The molecule has 13 heavy (non-hydrogen) atoms. The Morgan fingerprint density at radius 3 is 2.62 bits per heavy atom. The Hall–Kier alpha value is -0.340. The van der Waals surface area contributed by atoms with Crippen LogP contribution in [-0.2, 0) is 22.7 Å². The molecular weight excluding hydrogens is 222 g/mol. The average Bonchev–Trinajstić information content (AvgIpc) is 2.08. The Labute approximate surface area is 90.9 Å². The molecule has 0 heterocycles. The van der Waals surface area contributed by atoms with Crippen LogP contribution in [-0.4, -0.2) is 12.5 Å². The molecule has 0 aromatic heterocycles. The standard InChI is InChI=1S/C9H9ClNS2/c1-13(2)6-7-3-4-8(11-12)5-9(7)10/h3-5H,1-2H3/q-1. The predicted molar refractivity (Wildman–Crippen MR) is 63.1 cm³/mol. The lowest BCUT2D eigenvalue weighted by Crippen LogP contribution is -1.80. The first kappa shape index (κ1) is 10.7. The van der Waals surface area contributed by atoms with E-state index < -0.39 is 0 Å². The number of rotatable bonds is 1. The zero-order valence-electron chi connectivity index (χ0n) is 7.37. The van der Waals surface area contributed by atoms with Gasteiger partial charge in [0, 0.05) is 18.0 Å². The van der Waals surface area contributed by atoms with Crippen molar-refractivity contribution in [3.8, 4) is 5.18 Å². The van der Waals surface area contributed by atoms with Gasteiger partial charge in [-0.3, -0.25) is 5.18 Å². The summed E-state index contributed by atoms with van der Waals surface area (Å²) in [5.74, 6) is 0. The Morgan fingerprint density at radius 1 is 1.46 bits per heavy atom. The topological polar surface area (TPSA) is 12.4 Å². The van der Waals surface area contributed by atoms with Gasteiger partial charge in [-0.1, -0.05) is 11.6 Å². The van der Waals surface area contributed by atoms with E-state index in [1.54, 1.807) is 6.07 Å². The summed E-state index contributed by atoms with van der Waals surface area (Å²) in [4.78, 5) is 0. The summed E-state index contributed by atoms with van der Waals surface area (Å²) < 4.78 is 3.63. The SMILES string of the molecule is C[S-](C)#Cc1ccc(N=S)cc1Cl. The first-order valence-corrected chi connectivity index (χ1v) is 6.39. The van der Waals surface area contributed by atoms with Gasteiger partial charge in [-0.2, -0.15) is 4.36 Å². The van der Waals surface area contributed by atoms with Gasteiger partial charge in [0.25, 0.3) is 0 Å². The molecule has 0 spiro atoms. The second-order valence-corrected chi connectivity index (χ2v) is 5.10. The molecule has 0 aliphatic carbocycles. The van der Waals surface area contributed by atoms with Crippen molar-refractivity contribution >= 4 is 40.0 Å². The maximum Gasteiger partial charge on any atom is 0.0785 e. The van der Waals surface area contributed by atoms with Crippen molar-refractivity contribution < 1.29 is 0 Å². The van der Waals surface area contributed by atoms with E-state index in [0.29, 0.717) is 5.02 Å². The van der Waals surface area contributed by atoms with Crippen LogP contribution in [0.4, 0.5) is 5.69 Å². The normalized spacial score (nSPS) is 9.85. The molecule has 1 rings (SSSR count). The third-order valence-corrected chi connectivity index (χ3v) is 2.52. The molecule has 0 amide bonds. The van der Waals surface area contributed by atoms with Crippen LogP contribution in [0.25, 0.3) is 0 Å². The number of hydrogen-bond acceptors (Lipinski definition) is 3. The van der Waals surface area contributed by atoms with E-state index in [0.717, 1.165) is 11.3 Å². The molecule has 0 saturated heterocycles. The Kier molecular flexibility index (Phi) is 3.94. The van der Waals surface area contributed by atoms with E-state index in [2.05, 4.69) is 34.5 Å². The zero-order chi connectivity index (χ0) is 9.84. The molecule has 0 fully saturated rings. The summed E-state index contributed by atoms with van der Waals surface area (Å²) in [6, 6.07) is 5.48. The molecule has 0 aliphatic rings. The molecule has 0 unspecified atom stereocenters. The maximum absolute atomic E-state index is 5.99. The summed E-state index contributed by atoms with van der Waals surface area (Å²) in [7, 11) is 0.124. The number of halogens is 1. The Balaban J connectivity index is 3.20. The van der Waals surface area contributed by atoms with Crippen molar-refractivity contribution in [2.45, 2.75) is 0 Å². The second-order valence-electron chi connectivity index (χ2n) is 2.67. The fraction of sp³-hybridized carbons (Fsp3) is 0.222. The third kappa shape index (κ3) is 3.12. The van der Waals surface area contributed by atoms with Crippen molar-refractivity contribution in [1.82, 2.24) is 0 Å². The molecule has 0 atom stereocenters. The molecule has 0 bridgehead atoms. The molecule has 70 valence electrons. The first-order valence-electron chi connectivity index (χ1n) is 3.60. The minimum atomic E-state index is 0.124. The lowest BCUT2D eigenvalue weighted by molar-refractivity contribution is 1.55. The van der Waals surface area contributed by atoms with E-state index in [4.69, 9.17) is 11.6 Å². The van der Waals surface area contributed by atoms with E-state index in [9.17, 15) is 0 Å². The highest BCUT2D eigenvalue weighted by Crippen LogP contribution is 2.21. The molecule has 0 aliphatic heterocycles. The van der Waals surface area contributed by atoms with E-state index >= 15 is 0 Å². The summed E-state index contributed by atoms with van der Waals surface area (Å²) in [6.07, 6.45) is 4.17. The third-order valence-electron chi connectivity index (χ3n) is 1.37. The number of hydrogen-bond donors (Lipinski definition) is 0. The highest BCUT2D eigenvalue weighted by molar-refractivity contribution is 7.85. The number of benzene rings is 1. The van der Waals surface area contributed by atoms with Gasteiger partial charge in [-0.15, -0.1) is 12.5 Å². The second kappa shape index (κ2) is 4.77. The Bertz CT molecular complexity index is 409. The van der Waals surface area contributed by atoms with Crippen LogP contribution in [0, 0.1) is 5.18 Å². The van der Waals surface area contributed by atoms with Gasteiger partial charge < -0.3 is 10.3 Å². The van der Waals surface area contributed by atoms with E-state index in [1.807, 2.05) is 12.1 Å². The fourth-order valence-corrected chi connectivity index (χ4v) is 1.87. The summed E-state index contributed by atoms with van der Waals surface area (Å²) in [5, 5.41) is 3.90. The predicted octanol–water partition coefficient (Wildman–Crippen LogP) is 2.89. The lowest BCUT2D eigenvalue weighted by Gasteiger charge is -2.03. The molecule has 1 aromatic carbocycles. The van der Waals surface area contributed by atoms with Crippen LogP contribution in [0.1, 0.15) is 5.56 Å². The van der Waals surface area contributed by atoms with Crippen molar-refractivity contribution in [3.63, 3.8) is 0 Å². The molecular formula is C9H9ClNS2-. The van der Waals surface area contributed by atoms with Crippen LogP contribution in [0.3, 0.4) is 0 Å². The molecule has 4 heteroatoms. The van der Waals surface area contributed by atoms with Crippen LogP contribution in [0.15, 0.2) is 22.6 Å². The Morgan fingerprint density at radius 2 is 2.15 bits per heavy atom. The van der Waals surface area contributed by atoms with Crippen molar-refractivity contribution in [2.75, 3.05) is 12.5 Å². The molecule has 1 aromatic rings. The molecule has 0 radical (unpaired) electrons.